The van der Waals surface area contributed by atoms with Gasteiger partial charge in [-0.15, -0.1) is 0 Å². The number of benzene rings is 1. The van der Waals surface area contributed by atoms with Crippen LogP contribution >= 0.6 is 0 Å². The van der Waals surface area contributed by atoms with Crippen molar-refractivity contribution in [3.8, 4) is 0 Å². The Bertz CT molecular complexity index is 760. The summed E-state index contributed by atoms with van der Waals surface area (Å²) in [4.78, 5) is 27.7. The SMILES string of the molecule is CC.Cc1c(C=O)cc(C(=O)N2CCN(c3ccc(F)cc3)CC2)n1C. The van der Waals surface area contributed by atoms with Gasteiger partial charge >= 0.3 is 0 Å². The van der Waals surface area contributed by atoms with Crippen molar-refractivity contribution < 1.29 is 14.0 Å². The number of anilines is 1. The number of rotatable bonds is 3. The number of halogens is 1. The Labute approximate surface area is 154 Å². The molecule has 0 aliphatic carbocycles. The lowest BCUT2D eigenvalue weighted by Crippen LogP contribution is -2.49. The summed E-state index contributed by atoms with van der Waals surface area (Å²) in [7, 11) is 1.80. The van der Waals surface area contributed by atoms with Gasteiger partial charge in [-0.05, 0) is 37.3 Å². The third kappa shape index (κ3) is 3.95. The zero-order valence-electron chi connectivity index (χ0n) is 15.8. The third-order valence-electron chi connectivity index (χ3n) is 4.68. The largest absolute Gasteiger partial charge is 0.368 e. The first-order valence-electron chi connectivity index (χ1n) is 8.92. The second-order valence-corrected chi connectivity index (χ2v) is 6.00. The molecular formula is C20H26FN3O2. The molecule has 1 aliphatic rings. The summed E-state index contributed by atoms with van der Waals surface area (Å²) in [5, 5.41) is 0. The zero-order valence-corrected chi connectivity index (χ0v) is 15.8. The first-order chi connectivity index (χ1) is 12.5. The maximum Gasteiger partial charge on any atom is 0.270 e. The number of piperazine rings is 1. The minimum Gasteiger partial charge on any atom is -0.368 e. The normalized spacial score (nSPS) is 13.9. The van der Waals surface area contributed by atoms with Crippen LogP contribution in [0.4, 0.5) is 10.1 Å². The Balaban J connectivity index is 0.00000117. The van der Waals surface area contributed by atoms with Crippen LogP contribution in [0.5, 0.6) is 0 Å². The molecule has 6 heteroatoms. The van der Waals surface area contributed by atoms with Crippen molar-refractivity contribution in [2.75, 3.05) is 31.1 Å². The molecule has 0 spiro atoms. The summed E-state index contributed by atoms with van der Waals surface area (Å²) in [5.41, 5.74) is 2.83. The maximum atomic E-state index is 13.0. The standard InChI is InChI=1S/C18H20FN3O2.C2H6/c1-13-14(12-23)11-17(20(13)2)18(24)22-9-7-21(8-10-22)16-5-3-15(19)4-6-16;1-2/h3-6,11-12H,7-10H2,1-2H3;1-2H3. The quantitative estimate of drug-likeness (QED) is 0.790. The van der Waals surface area contributed by atoms with Crippen LogP contribution in [0.1, 0.15) is 40.4 Å². The molecule has 0 radical (unpaired) electrons. The topological polar surface area (TPSA) is 45.6 Å². The van der Waals surface area contributed by atoms with Gasteiger partial charge in [0.25, 0.3) is 5.91 Å². The average Bonchev–Trinajstić information content (AvgIpc) is 2.98. The van der Waals surface area contributed by atoms with Crippen molar-refractivity contribution in [1.29, 1.82) is 0 Å². The fraction of sp³-hybridized carbons (Fsp3) is 0.400. The highest BCUT2D eigenvalue weighted by Gasteiger charge is 2.25. The summed E-state index contributed by atoms with van der Waals surface area (Å²) in [6.45, 7) is 8.41. The third-order valence-corrected chi connectivity index (χ3v) is 4.68. The van der Waals surface area contributed by atoms with E-state index in [0.717, 1.165) is 17.7 Å². The van der Waals surface area contributed by atoms with Crippen molar-refractivity contribution in [3.63, 3.8) is 0 Å². The summed E-state index contributed by atoms with van der Waals surface area (Å²) in [5.74, 6) is -0.315. The van der Waals surface area contributed by atoms with E-state index in [4.69, 9.17) is 0 Å². The molecule has 140 valence electrons. The lowest BCUT2D eigenvalue weighted by Gasteiger charge is -2.36. The number of hydrogen-bond donors (Lipinski definition) is 0. The molecule has 1 fully saturated rings. The predicted octanol–water partition coefficient (Wildman–Crippen LogP) is 3.27. The molecule has 0 bridgehead atoms. The zero-order chi connectivity index (χ0) is 19.3. The lowest BCUT2D eigenvalue weighted by molar-refractivity contribution is 0.0737. The first-order valence-corrected chi connectivity index (χ1v) is 8.92. The molecule has 0 N–H and O–H groups in total. The van der Waals surface area contributed by atoms with Crippen molar-refractivity contribution in [2.24, 2.45) is 7.05 Å². The monoisotopic (exact) mass is 359 g/mol. The van der Waals surface area contributed by atoms with Gasteiger partial charge < -0.3 is 14.4 Å². The molecule has 0 saturated carbocycles. The predicted molar refractivity (Wildman–Crippen MR) is 101 cm³/mol. The van der Waals surface area contributed by atoms with E-state index in [1.807, 2.05) is 20.8 Å². The van der Waals surface area contributed by atoms with Gasteiger partial charge in [0, 0.05) is 50.2 Å². The molecule has 0 unspecified atom stereocenters. The Morgan fingerprint density at radius 1 is 1.08 bits per heavy atom. The van der Waals surface area contributed by atoms with Gasteiger partial charge in [-0.1, -0.05) is 13.8 Å². The molecule has 1 aliphatic heterocycles. The highest BCUT2D eigenvalue weighted by atomic mass is 19.1. The van der Waals surface area contributed by atoms with E-state index in [1.165, 1.54) is 12.1 Å². The number of aldehydes is 1. The van der Waals surface area contributed by atoms with Gasteiger partial charge in [0.2, 0.25) is 0 Å². The van der Waals surface area contributed by atoms with Crippen molar-refractivity contribution in [3.05, 3.63) is 53.1 Å². The molecule has 3 rings (SSSR count). The van der Waals surface area contributed by atoms with Crippen LogP contribution in [0, 0.1) is 12.7 Å². The van der Waals surface area contributed by atoms with E-state index in [0.29, 0.717) is 37.4 Å². The lowest BCUT2D eigenvalue weighted by atomic mass is 10.2. The molecule has 1 aromatic carbocycles. The molecular weight excluding hydrogens is 333 g/mol. The molecule has 1 amide bonds. The van der Waals surface area contributed by atoms with E-state index in [9.17, 15) is 14.0 Å². The average molecular weight is 359 g/mol. The van der Waals surface area contributed by atoms with Crippen molar-refractivity contribution >= 4 is 17.9 Å². The van der Waals surface area contributed by atoms with Crippen molar-refractivity contribution in [2.45, 2.75) is 20.8 Å². The van der Waals surface area contributed by atoms with Gasteiger partial charge in [0.05, 0.1) is 0 Å². The van der Waals surface area contributed by atoms with Gasteiger partial charge in [0.1, 0.15) is 11.5 Å². The van der Waals surface area contributed by atoms with Crippen LogP contribution < -0.4 is 4.90 Å². The molecule has 1 saturated heterocycles. The Kier molecular flexibility index (Phi) is 6.55. The van der Waals surface area contributed by atoms with E-state index >= 15 is 0 Å². The summed E-state index contributed by atoms with van der Waals surface area (Å²) in [6.07, 6.45) is 0.776. The smallest absolute Gasteiger partial charge is 0.270 e. The fourth-order valence-corrected chi connectivity index (χ4v) is 3.03. The van der Waals surface area contributed by atoms with E-state index in [-0.39, 0.29) is 11.7 Å². The van der Waals surface area contributed by atoms with Crippen LogP contribution in [-0.4, -0.2) is 47.8 Å². The molecule has 1 aromatic heterocycles. The minimum absolute atomic E-state index is 0.0625. The van der Waals surface area contributed by atoms with Crippen LogP contribution in [0.15, 0.2) is 30.3 Å². The highest BCUT2D eigenvalue weighted by Crippen LogP contribution is 2.19. The molecule has 5 nitrogen and oxygen atoms in total. The van der Waals surface area contributed by atoms with E-state index < -0.39 is 0 Å². The number of amides is 1. The first kappa shape index (κ1) is 19.7. The van der Waals surface area contributed by atoms with Crippen LogP contribution in [0.3, 0.4) is 0 Å². The van der Waals surface area contributed by atoms with E-state index in [1.54, 1.807) is 34.7 Å². The van der Waals surface area contributed by atoms with Crippen LogP contribution in [-0.2, 0) is 7.05 Å². The summed E-state index contributed by atoms with van der Waals surface area (Å²) >= 11 is 0. The number of hydrogen-bond acceptors (Lipinski definition) is 3. The van der Waals surface area contributed by atoms with E-state index in [2.05, 4.69) is 4.90 Å². The number of nitrogens with zero attached hydrogens (tertiary/aromatic N) is 3. The maximum absolute atomic E-state index is 13.0. The summed E-state index contributed by atoms with van der Waals surface area (Å²) in [6, 6.07) is 8.05. The second kappa shape index (κ2) is 8.65. The molecule has 2 heterocycles. The highest BCUT2D eigenvalue weighted by molar-refractivity contribution is 5.95. The Hall–Kier alpha value is -2.63. The fourth-order valence-electron chi connectivity index (χ4n) is 3.03. The van der Waals surface area contributed by atoms with Crippen molar-refractivity contribution in [1.82, 2.24) is 9.47 Å². The van der Waals surface area contributed by atoms with Gasteiger partial charge in [0.15, 0.2) is 6.29 Å². The minimum atomic E-state index is -0.252. The molecule has 26 heavy (non-hydrogen) atoms. The van der Waals surface area contributed by atoms with Gasteiger partial charge in [-0.3, -0.25) is 9.59 Å². The number of carbonyl (C=O) groups is 2. The number of carbonyl (C=O) groups excluding carboxylic acids is 2. The molecule has 2 aromatic rings. The Morgan fingerprint density at radius 2 is 1.65 bits per heavy atom. The van der Waals surface area contributed by atoms with Gasteiger partial charge in [-0.2, -0.15) is 0 Å². The number of aromatic nitrogens is 1. The Morgan fingerprint density at radius 3 is 2.15 bits per heavy atom. The summed E-state index contributed by atoms with van der Waals surface area (Å²) < 4.78 is 14.8. The molecule has 0 atom stereocenters. The van der Waals surface area contributed by atoms with Crippen LogP contribution in [0.25, 0.3) is 0 Å². The van der Waals surface area contributed by atoms with Crippen LogP contribution in [0.2, 0.25) is 0 Å². The van der Waals surface area contributed by atoms with Gasteiger partial charge in [-0.25, -0.2) is 4.39 Å². The second-order valence-electron chi connectivity index (χ2n) is 6.00.